The quantitative estimate of drug-likeness (QED) is 0.843. The number of carbonyl (C=O) groups excluding carboxylic acids is 1. The second-order valence-electron chi connectivity index (χ2n) is 6.05. The Hall–Kier alpha value is -2.15. The second-order valence-corrected chi connectivity index (χ2v) is 6.05. The fourth-order valence-corrected chi connectivity index (χ4v) is 2.69. The first-order chi connectivity index (χ1) is 11.5. The summed E-state index contributed by atoms with van der Waals surface area (Å²) in [7, 11) is 7.29. The van der Waals surface area contributed by atoms with Gasteiger partial charge in [-0.05, 0) is 26.2 Å². The Morgan fingerprint density at radius 2 is 1.88 bits per heavy atom. The van der Waals surface area contributed by atoms with Gasteiger partial charge >= 0.3 is 6.03 Å². The van der Waals surface area contributed by atoms with E-state index >= 15 is 0 Å². The number of carbonyl (C=O) groups is 1. The number of urea groups is 1. The average molecular weight is 336 g/mol. The lowest BCUT2D eigenvalue weighted by atomic mass is 10.2. The predicted molar refractivity (Wildman–Crippen MR) is 95.3 cm³/mol. The summed E-state index contributed by atoms with van der Waals surface area (Å²) < 4.78 is 10.7. The van der Waals surface area contributed by atoms with E-state index in [-0.39, 0.29) is 6.03 Å². The van der Waals surface area contributed by atoms with Gasteiger partial charge in [0.15, 0.2) is 0 Å². The lowest BCUT2D eigenvalue weighted by Crippen LogP contribution is -2.52. The Morgan fingerprint density at radius 1 is 1.17 bits per heavy atom. The van der Waals surface area contributed by atoms with Crippen LogP contribution < -0.4 is 19.7 Å². The SMILES string of the molecule is COc1ccc(N2CCN(C(=O)NCCN(C)C)CC2)c(OC)c1. The molecule has 24 heavy (non-hydrogen) atoms. The van der Waals surface area contributed by atoms with Crippen molar-refractivity contribution < 1.29 is 14.3 Å². The highest BCUT2D eigenvalue weighted by Gasteiger charge is 2.23. The number of hydrogen-bond donors (Lipinski definition) is 1. The molecule has 2 amide bonds. The second kappa shape index (κ2) is 8.63. The number of anilines is 1. The van der Waals surface area contributed by atoms with Crippen LogP contribution in [0.3, 0.4) is 0 Å². The molecule has 0 atom stereocenters. The number of amides is 2. The van der Waals surface area contributed by atoms with Gasteiger partial charge in [0.25, 0.3) is 0 Å². The highest BCUT2D eigenvalue weighted by molar-refractivity contribution is 5.74. The summed E-state index contributed by atoms with van der Waals surface area (Å²) in [6, 6.07) is 5.83. The van der Waals surface area contributed by atoms with E-state index in [2.05, 4.69) is 10.2 Å². The first-order valence-corrected chi connectivity index (χ1v) is 8.19. The van der Waals surface area contributed by atoms with E-state index in [0.717, 1.165) is 36.8 Å². The minimum absolute atomic E-state index is 0.0122. The summed E-state index contributed by atoms with van der Waals surface area (Å²) in [5, 5.41) is 2.96. The van der Waals surface area contributed by atoms with Gasteiger partial charge in [-0.2, -0.15) is 0 Å². The van der Waals surface area contributed by atoms with Gasteiger partial charge in [-0.3, -0.25) is 0 Å². The van der Waals surface area contributed by atoms with Gasteiger partial charge in [0, 0.05) is 45.3 Å². The van der Waals surface area contributed by atoms with Crippen LogP contribution in [0.5, 0.6) is 11.5 Å². The van der Waals surface area contributed by atoms with E-state index in [0.29, 0.717) is 19.6 Å². The summed E-state index contributed by atoms with van der Waals surface area (Å²) in [5.74, 6) is 1.56. The Bertz CT molecular complexity index is 543. The maximum atomic E-state index is 12.2. The lowest BCUT2D eigenvalue weighted by Gasteiger charge is -2.36. The molecule has 1 aromatic rings. The van der Waals surface area contributed by atoms with E-state index < -0.39 is 0 Å². The van der Waals surface area contributed by atoms with Crippen molar-refractivity contribution in [1.82, 2.24) is 15.1 Å². The molecule has 0 bridgehead atoms. The molecule has 7 heteroatoms. The molecule has 0 aromatic heterocycles. The van der Waals surface area contributed by atoms with E-state index in [9.17, 15) is 4.79 Å². The Balaban J connectivity index is 1.89. The third kappa shape index (κ3) is 4.67. The molecule has 2 rings (SSSR count). The first-order valence-electron chi connectivity index (χ1n) is 8.19. The van der Waals surface area contributed by atoms with Crippen molar-refractivity contribution in [1.29, 1.82) is 0 Å². The summed E-state index contributed by atoms with van der Waals surface area (Å²) in [5.41, 5.74) is 1.03. The molecule has 0 radical (unpaired) electrons. The largest absolute Gasteiger partial charge is 0.497 e. The van der Waals surface area contributed by atoms with Crippen LogP contribution in [-0.4, -0.2) is 83.4 Å². The average Bonchev–Trinajstić information content (AvgIpc) is 2.60. The molecule has 0 unspecified atom stereocenters. The number of rotatable bonds is 6. The highest BCUT2D eigenvalue weighted by atomic mass is 16.5. The van der Waals surface area contributed by atoms with Crippen LogP contribution in [0.15, 0.2) is 18.2 Å². The third-order valence-electron chi connectivity index (χ3n) is 4.13. The van der Waals surface area contributed by atoms with Crippen molar-refractivity contribution >= 4 is 11.7 Å². The van der Waals surface area contributed by atoms with E-state index in [1.807, 2.05) is 42.1 Å². The minimum atomic E-state index is 0.0122. The fourth-order valence-electron chi connectivity index (χ4n) is 2.69. The molecule has 1 aliphatic heterocycles. The zero-order valence-corrected chi connectivity index (χ0v) is 15.0. The molecule has 7 nitrogen and oxygen atoms in total. The standard InChI is InChI=1S/C17H28N4O3/c1-19(2)8-7-18-17(22)21-11-9-20(10-12-21)15-6-5-14(23-3)13-16(15)24-4/h5-6,13H,7-12H2,1-4H3,(H,18,22). The molecular weight excluding hydrogens is 308 g/mol. The molecule has 0 spiro atoms. The number of ether oxygens (including phenoxy) is 2. The van der Waals surface area contributed by atoms with Gasteiger partial charge < -0.3 is 29.5 Å². The van der Waals surface area contributed by atoms with Gasteiger partial charge in [0.1, 0.15) is 11.5 Å². The monoisotopic (exact) mass is 336 g/mol. The van der Waals surface area contributed by atoms with Gasteiger partial charge in [-0.1, -0.05) is 0 Å². The first kappa shape index (κ1) is 18.2. The molecule has 1 N–H and O–H groups in total. The van der Waals surface area contributed by atoms with Crippen LogP contribution >= 0.6 is 0 Å². The van der Waals surface area contributed by atoms with Crippen LogP contribution in [0.4, 0.5) is 10.5 Å². The lowest BCUT2D eigenvalue weighted by molar-refractivity contribution is 0.193. The number of methoxy groups -OCH3 is 2. The fraction of sp³-hybridized carbons (Fsp3) is 0.588. The molecule has 1 saturated heterocycles. The molecule has 1 aromatic carbocycles. The zero-order valence-electron chi connectivity index (χ0n) is 15.0. The number of likely N-dealkylation sites (N-methyl/N-ethyl adjacent to an activating group) is 1. The summed E-state index contributed by atoms with van der Waals surface area (Å²) in [6.45, 7) is 4.46. The Morgan fingerprint density at radius 3 is 2.46 bits per heavy atom. The van der Waals surface area contributed by atoms with Gasteiger partial charge in [0.05, 0.1) is 19.9 Å². The van der Waals surface area contributed by atoms with Gasteiger partial charge in [-0.15, -0.1) is 0 Å². The van der Waals surface area contributed by atoms with Gasteiger partial charge in [0.2, 0.25) is 0 Å². The van der Waals surface area contributed by atoms with E-state index in [4.69, 9.17) is 9.47 Å². The Labute approximate surface area is 144 Å². The number of hydrogen-bond acceptors (Lipinski definition) is 5. The van der Waals surface area contributed by atoms with Crippen LogP contribution in [0.25, 0.3) is 0 Å². The maximum absolute atomic E-state index is 12.2. The summed E-state index contributed by atoms with van der Waals surface area (Å²) in [6.07, 6.45) is 0. The summed E-state index contributed by atoms with van der Waals surface area (Å²) >= 11 is 0. The number of benzene rings is 1. The van der Waals surface area contributed by atoms with E-state index in [1.165, 1.54) is 0 Å². The smallest absolute Gasteiger partial charge is 0.317 e. The summed E-state index contributed by atoms with van der Waals surface area (Å²) in [4.78, 5) is 18.3. The molecule has 1 fully saturated rings. The normalized spacial score (nSPS) is 14.7. The minimum Gasteiger partial charge on any atom is -0.497 e. The number of nitrogens with one attached hydrogen (secondary N) is 1. The maximum Gasteiger partial charge on any atom is 0.317 e. The Kier molecular flexibility index (Phi) is 6.54. The molecule has 134 valence electrons. The van der Waals surface area contributed by atoms with Crippen molar-refractivity contribution in [3.05, 3.63) is 18.2 Å². The van der Waals surface area contributed by atoms with Crippen molar-refractivity contribution in [2.24, 2.45) is 0 Å². The zero-order chi connectivity index (χ0) is 17.5. The number of nitrogens with zero attached hydrogens (tertiary/aromatic N) is 3. The van der Waals surface area contributed by atoms with Crippen LogP contribution in [0, 0.1) is 0 Å². The van der Waals surface area contributed by atoms with E-state index in [1.54, 1.807) is 14.2 Å². The van der Waals surface area contributed by atoms with Crippen molar-refractivity contribution in [3.63, 3.8) is 0 Å². The van der Waals surface area contributed by atoms with Crippen LogP contribution in [-0.2, 0) is 0 Å². The molecular formula is C17H28N4O3. The number of piperazine rings is 1. The van der Waals surface area contributed by atoms with Crippen LogP contribution in [0.1, 0.15) is 0 Å². The highest BCUT2D eigenvalue weighted by Crippen LogP contribution is 2.32. The molecule has 0 aliphatic carbocycles. The van der Waals surface area contributed by atoms with Crippen molar-refractivity contribution in [3.8, 4) is 11.5 Å². The van der Waals surface area contributed by atoms with Crippen molar-refractivity contribution in [2.45, 2.75) is 0 Å². The van der Waals surface area contributed by atoms with Crippen LogP contribution in [0.2, 0.25) is 0 Å². The molecule has 0 saturated carbocycles. The third-order valence-corrected chi connectivity index (χ3v) is 4.13. The molecule has 1 aliphatic rings. The topological polar surface area (TPSA) is 57.3 Å². The molecule has 1 heterocycles. The van der Waals surface area contributed by atoms with Gasteiger partial charge in [-0.25, -0.2) is 4.79 Å². The predicted octanol–water partition coefficient (Wildman–Crippen LogP) is 1.10. The van der Waals surface area contributed by atoms with Crippen molar-refractivity contribution in [2.75, 3.05) is 72.5 Å².